The molecule has 2 amide bonds. The van der Waals surface area contributed by atoms with Crippen molar-refractivity contribution in [2.75, 3.05) is 31.6 Å². The second-order valence-corrected chi connectivity index (χ2v) is 7.95. The number of carbonyl (C=O) groups is 2. The fourth-order valence-electron chi connectivity index (χ4n) is 4.22. The molecule has 158 valence electrons. The number of ether oxygens (including phenoxy) is 1. The quantitative estimate of drug-likeness (QED) is 0.738. The summed E-state index contributed by atoms with van der Waals surface area (Å²) in [4.78, 5) is 27.5. The molecule has 0 saturated carbocycles. The molecule has 30 heavy (non-hydrogen) atoms. The zero-order valence-corrected chi connectivity index (χ0v) is 17.2. The van der Waals surface area contributed by atoms with E-state index in [4.69, 9.17) is 4.74 Å². The van der Waals surface area contributed by atoms with Crippen LogP contribution in [0.3, 0.4) is 0 Å². The minimum atomic E-state index is -0.394. The van der Waals surface area contributed by atoms with E-state index in [1.165, 1.54) is 18.4 Å². The van der Waals surface area contributed by atoms with Crippen LogP contribution in [0.4, 0.5) is 5.69 Å². The number of anilines is 1. The van der Waals surface area contributed by atoms with E-state index in [0.717, 1.165) is 25.9 Å². The van der Waals surface area contributed by atoms with Crippen LogP contribution in [0.1, 0.15) is 47.6 Å². The molecule has 0 radical (unpaired) electrons. The molecule has 0 aliphatic carbocycles. The van der Waals surface area contributed by atoms with Gasteiger partial charge < -0.3 is 15.4 Å². The Bertz CT molecular complexity index is 859. The maximum Gasteiger partial charge on any atom is 0.253 e. The number of nitrogens with one attached hydrogen (secondary N) is 2. The molecule has 2 fully saturated rings. The lowest BCUT2D eigenvalue weighted by atomic mass is 10.1. The first-order valence-electron chi connectivity index (χ1n) is 10.8. The molecule has 2 aliphatic heterocycles. The number of rotatable bonds is 7. The molecule has 4 rings (SSSR count). The van der Waals surface area contributed by atoms with Crippen molar-refractivity contribution in [3.8, 4) is 0 Å². The number of nitrogens with zero attached hydrogens (tertiary/aromatic N) is 1. The average molecular weight is 408 g/mol. The van der Waals surface area contributed by atoms with E-state index in [9.17, 15) is 9.59 Å². The van der Waals surface area contributed by atoms with Gasteiger partial charge in [-0.2, -0.15) is 0 Å². The van der Waals surface area contributed by atoms with E-state index < -0.39 is 6.10 Å². The molecule has 6 heteroatoms. The summed E-state index contributed by atoms with van der Waals surface area (Å²) < 4.78 is 5.42. The molecule has 2 saturated heterocycles. The number of amides is 2. The van der Waals surface area contributed by atoms with E-state index in [-0.39, 0.29) is 17.9 Å². The first-order chi connectivity index (χ1) is 14.7. The predicted octanol–water partition coefficient (Wildman–Crippen LogP) is 3.37. The van der Waals surface area contributed by atoms with Crippen LogP contribution in [0.25, 0.3) is 0 Å². The van der Waals surface area contributed by atoms with Crippen LogP contribution >= 0.6 is 0 Å². The van der Waals surface area contributed by atoms with Crippen molar-refractivity contribution in [1.82, 2.24) is 10.2 Å². The summed E-state index contributed by atoms with van der Waals surface area (Å²) in [5.41, 5.74) is 2.37. The monoisotopic (exact) mass is 407 g/mol. The Kier molecular flexibility index (Phi) is 6.77. The van der Waals surface area contributed by atoms with E-state index in [1.807, 2.05) is 18.2 Å². The number of benzene rings is 2. The molecule has 2 aromatic rings. The Hall–Kier alpha value is -2.70. The maximum absolute atomic E-state index is 12.8. The molecular weight excluding hydrogens is 378 g/mol. The lowest BCUT2D eigenvalue weighted by Gasteiger charge is -2.28. The second-order valence-electron chi connectivity index (χ2n) is 7.95. The number of hydrogen-bond acceptors (Lipinski definition) is 4. The van der Waals surface area contributed by atoms with Crippen molar-refractivity contribution < 1.29 is 14.3 Å². The Labute approximate surface area is 177 Å². The predicted molar refractivity (Wildman–Crippen MR) is 116 cm³/mol. The smallest absolute Gasteiger partial charge is 0.253 e. The fourth-order valence-corrected chi connectivity index (χ4v) is 4.22. The molecule has 0 aromatic heterocycles. The van der Waals surface area contributed by atoms with Gasteiger partial charge in [0.25, 0.3) is 11.8 Å². The van der Waals surface area contributed by atoms with Crippen molar-refractivity contribution in [2.24, 2.45) is 0 Å². The molecule has 2 aliphatic rings. The van der Waals surface area contributed by atoms with Gasteiger partial charge in [0.15, 0.2) is 0 Å². The summed E-state index contributed by atoms with van der Waals surface area (Å²) in [6, 6.07) is 17.6. The van der Waals surface area contributed by atoms with Crippen molar-refractivity contribution in [3.63, 3.8) is 0 Å². The third kappa shape index (κ3) is 5.07. The summed E-state index contributed by atoms with van der Waals surface area (Å²) in [6.07, 6.45) is 3.64. The Morgan fingerprint density at radius 3 is 2.57 bits per heavy atom. The molecule has 2 N–H and O–H groups in total. The van der Waals surface area contributed by atoms with Gasteiger partial charge in [0.2, 0.25) is 0 Å². The van der Waals surface area contributed by atoms with Crippen LogP contribution in [0.2, 0.25) is 0 Å². The highest BCUT2D eigenvalue weighted by Gasteiger charge is 2.25. The summed E-state index contributed by atoms with van der Waals surface area (Å²) in [6.45, 7) is 3.29. The largest absolute Gasteiger partial charge is 0.368 e. The van der Waals surface area contributed by atoms with Gasteiger partial charge in [0.05, 0.1) is 6.04 Å². The highest BCUT2D eigenvalue weighted by molar-refractivity contribution is 5.98. The average Bonchev–Trinajstić information content (AvgIpc) is 3.49. The van der Waals surface area contributed by atoms with Crippen molar-refractivity contribution >= 4 is 17.5 Å². The molecule has 2 atom stereocenters. The van der Waals surface area contributed by atoms with Gasteiger partial charge in [0.1, 0.15) is 6.10 Å². The van der Waals surface area contributed by atoms with Gasteiger partial charge in [-0.15, -0.1) is 0 Å². The van der Waals surface area contributed by atoms with Crippen LogP contribution in [-0.4, -0.2) is 49.1 Å². The van der Waals surface area contributed by atoms with Crippen molar-refractivity contribution in [1.29, 1.82) is 0 Å². The van der Waals surface area contributed by atoms with E-state index >= 15 is 0 Å². The molecule has 0 spiro atoms. The van der Waals surface area contributed by atoms with E-state index in [1.54, 1.807) is 24.3 Å². The lowest BCUT2D eigenvalue weighted by Crippen LogP contribution is -2.36. The first-order valence-corrected chi connectivity index (χ1v) is 10.8. The Balaban J connectivity index is 1.39. The fraction of sp³-hybridized carbons (Fsp3) is 0.417. The number of carbonyl (C=O) groups excluding carboxylic acids is 2. The second kappa shape index (κ2) is 9.87. The van der Waals surface area contributed by atoms with Gasteiger partial charge in [-0.3, -0.25) is 14.5 Å². The third-order valence-electron chi connectivity index (χ3n) is 5.84. The van der Waals surface area contributed by atoms with Crippen LogP contribution < -0.4 is 10.6 Å². The topological polar surface area (TPSA) is 70.7 Å². The maximum atomic E-state index is 12.8. The third-order valence-corrected chi connectivity index (χ3v) is 5.84. The summed E-state index contributed by atoms with van der Waals surface area (Å²) in [5.74, 6) is -0.286. The van der Waals surface area contributed by atoms with Crippen LogP contribution in [0.15, 0.2) is 54.6 Å². The summed E-state index contributed by atoms with van der Waals surface area (Å²) >= 11 is 0. The molecule has 2 heterocycles. The van der Waals surface area contributed by atoms with Crippen LogP contribution in [0, 0.1) is 0 Å². The standard InChI is InChI=1S/C24H29N3O3/c28-23(19-10-6-11-20(16-19)26-24(29)22-12-7-15-30-22)25-17-21(27-13-4-5-14-27)18-8-2-1-3-9-18/h1-3,6,8-11,16,21-22H,4-5,7,12-15,17H2,(H,25,28)(H,26,29)/t21-,22+/m0/s1. The SMILES string of the molecule is O=C(NC[C@@H](c1ccccc1)N1CCCC1)c1cccc(NC(=O)[C@H]2CCCO2)c1. The van der Waals surface area contributed by atoms with Crippen molar-refractivity contribution in [2.45, 2.75) is 37.8 Å². The normalized spacial score (nSPS) is 20.1. The molecule has 2 aromatic carbocycles. The van der Waals surface area contributed by atoms with E-state index in [0.29, 0.717) is 24.4 Å². The van der Waals surface area contributed by atoms with Gasteiger partial charge in [0, 0.05) is 24.4 Å². The lowest BCUT2D eigenvalue weighted by molar-refractivity contribution is -0.124. The summed E-state index contributed by atoms with van der Waals surface area (Å²) in [7, 11) is 0. The van der Waals surface area contributed by atoms with Gasteiger partial charge in [-0.1, -0.05) is 36.4 Å². The molecular formula is C24H29N3O3. The van der Waals surface area contributed by atoms with Gasteiger partial charge in [-0.25, -0.2) is 0 Å². The molecule has 0 bridgehead atoms. The first kappa shape index (κ1) is 20.6. The number of hydrogen-bond donors (Lipinski definition) is 2. The minimum Gasteiger partial charge on any atom is -0.368 e. The molecule has 0 unspecified atom stereocenters. The number of likely N-dealkylation sites (tertiary alicyclic amines) is 1. The van der Waals surface area contributed by atoms with E-state index in [2.05, 4.69) is 27.7 Å². The Morgan fingerprint density at radius 1 is 1.03 bits per heavy atom. The van der Waals surface area contributed by atoms with Crippen LogP contribution in [0.5, 0.6) is 0 Å². The zero-order chi connectivity index (χ0) is 20.8. The van der Waals surface area contributed by atoms with Gasteiger partial charge >= 0.3 is 0 Å². The Morgan fingerprint density at radius 2 is 1.83 bits per heavy atom. The van der Waals surface area contributed by atoms with Gasteiger partial charge in [-0.05, 0) is 62.5 Å². The zero-order valence-electron chi connectivity index (χ0n) is 17.2. The highest BCUT2D eigenvalue weighted by atomic mass is 16.5. The van der Waals surface area contributed by atoms with Crippen molar-refractivity contribution in [3.05, 3.63) is 65.7 Å². The minimum absolute atomic E-state index is 0.136. The van der Waals surface area contributed by atoms with Crippen LogP contribution in [-0.2, 0) is 9.53 Å². The highest BCUT2D eigenvalue weighted by Crippen LogP contribution is 2.24. The molecule has 6 nitrogen and oxygen atoms in total. The summed E-state index contributed by atoms with van der Waals surface area (Å²) in [5, 5.41) is 5.95.